The van der Waals surface area contributed by atoms with Gasteiger partial charge >= 0.3 is 0 Å². The van der Waals surface area contributed by atoms with Crippen LogP contribution in [0.2, 0.25) is 0 Å². The molecule has 1 aliphatic carbocycles. The van der Waals surface area contributed by atoms with E-state index in [1.807, 2.05) is 11.8 Å². The molecule has 1 heterocycles. The van der Waals surface area contributed by atoms with Gasteiger partial charge in [0.1, 0.15) is 11.7 Å². The lowest BCUT2D eigenvalue weighted by Crippen LogP contribution is -2.33. The van der Waals surface area contributed by atoms with Crippen molar-refractivity contribution in [2.24, 2.45) is 0 Å². The quantitative estimate of drug-likeness (QED) is 0.849. The molecule has 114 valence electrons. The highest BCUT2D eigenvalue weighted by molar-refractivity contribution is 7.98. The first-order valence-electron chi connectivity index (χ1n) is 7.72. The number of hydrogen-bond acceptors (Lipinski definition) is 3. The fraction of sp³-hybridized carbons (Fsp3) is 0.588. The maximum atomic E-state index is 12.7. The van der Waals surface area contributed by atoms with Gasteiger partial charge in [-0.2, -0.15) is 11.8 Å². The summed E-state index contributed by atoms with van der Waals surface area (Å²) in [6.45, 7) is 5.11. The summed E-state index contributed by atoms with van der Waals surface area (Å²) in [5.74, 6) is 1.42. The van der Waals surface area contributed by atoms with Gasteiger partial charge in [0.25, 0.3) is 0 Å². The molecule has 1 unspecified atom stereocenters. The molecule has 2 fully saturated rings. The molecule has 1 aromatic rings. The van der Waals surface area contributed by atoms with Gasteiger partial charge in [-0.1, -0.05) is 23.8 Å². The van der Waals surface area contributed by atoms with Gasteiger partial charge in [0.05, 0.1) is 0 Å². The van der Waals surface area contributed by atoms with Crippen LogP contribution < -0.4 is 5.32 Å². The number of nitrogens with zero attached hydrogens (tertiary/aromatic N) is 1. The van der Waals surface area contributed by atoms with E-state index in [4.69, 9.17) is 0 Å². The van der Waals surface area contributed by atoms with Crippen LogP contribution in [0.5, 0.6) is 0 Å². The molecule has 1 amide bonds. The highest BCUT2D eigenvalue weighted by atomic mass is 32.2. The van der Waals surface area contributed by atoms with Crippen molar-refractivity contribution < 1.29 is 4.79 Å². The monoisotopic (exact) mass is 304 g/mol. The van der Waals surface area contributed by atoms with Gasteiger partial charge < -0.3 is 4.90 Å². The van der Waals surface area contributed by atoms with Crippen molar-refractivity contribution in [1.29, 1.82) is 0 Å². The molecule has 4 heteroatoms. The summed E-state index contributed by atoms with van der Waals surface area (Å²) in [5, 5.41) is 3.61. The Labute approximate surface area is 131 Å². The zero-order chi connectivity index (χ0) is 15.0. The highest BCUT2D eigenvalue weighted by Crippen LogP contribution is 2.46. The highest BCUT2D eigenvalue weighted by Gasteiger charge is 2.59. The van der Waals surface area contributed by atoms with Gasteiger partial charge in [0.15, 0.2) is 0 Å². The number of aryl methyl sites for hydroxylation is 2. The minimum atomic E-state index is -0.235. The largest absolute Gasteiger partial charge is 0.321 e. The van der Waals surface area contributed by atoms with Gasteiger partial charge in [-0.15, -0.1) is 0 Å². The second kappa shape index (κ2) is 5.65. The third-order valence-electron chi connectivity index (χ3n) is 4.61. The fourth-order valence-electron chi connectivity index (χ4n) is 3.26. The molecule has 1 aliphatic heterocycles. The number of thioether (sulfide) groups is 1. The Morgan fingerprint density at radius 3 is 2.76 bits per heavy atom. The van der Waals surface area contributed by atoms with Crippen molar-refractivity contribution in [2.75, 3.05) is 18.6 Å². The number of amides is 1. The summed E-state index contributed by atoms with van der Waals surface area (Å²) < 4.78 is 0. The Morgan fingerprint density at radius 1 is 1.38 bits per heavy atom. The standard InChI is InChI=1S/C17H24N2OS/c1-12-5-6-14(13(2)11-12)15-18-17(7-8-17)16(20)19(15)9-4-10-21-3/h5-6,11,15,18H,4,7-10H2,1-3H3. The molecule has 3 rings (SSSR count). The van der Waals surface area contributed by atoms with Crippen LogP contribution in [0.15, 0.2) is 18.2 Å². The number of nitrogens with one attached hydrogen (secondary N) is 1. The van der Waals surface area contributed by atoms with E-state index < -0.39 is 0 Å². The number of carbonyl (C=O) groups is 1. The number of benzene rings is 1. The Bertz CT molecular complexity index is 554. The van der Waals surface area contributed by atoms with Crippen molar-refractivity contribution in [3.63, 3.8) is 0 Å². The molecular weight excluding hydrogens is 280 g/mol. The maximum absolute atomic E-state index is 12.7. The van der Waals surface area contributed by atoms with Crippen molar-refractivity contribution >= 4 is 17.7 Å². The van der Waals surface area contributed by atoms with Gasteiger partial charge in [-0.05, 0) is 56.2 Å². The van der Waals surface area contributed by atoms with Crippen molar-refractivity contribution in [3.05, 3.63) is 34.9 Å². The first-order valence-corrected chi connectivity index (χ1v) is 9.12. The third kappa shape index (κ3) is 2.71. The second-order valence-corrected chi connectivity index (χ2v) is 7.32. The smallest absolute Gasteiger partial charge is 0.244 e. The molecule has 0 bridgehead atoms. The van der Waals surface area contributed by atoms with E-state index in [9.17, 15) is 4.79 Å². The molecular formula is C17H24N2OS. The van der Waals surface area contributed by atoms with Gasteiger partial charge in [0.2, 0.25) is 5.91 Å². The van der Waals surface area contributed by atoms with Crippen LogP contribution in [0.4, 0.5) is 0 Å². The SMILES string of the molecule is CSCCCN1C(=O)C2(CC2)NC1c1ccc(C)cc1C. The normalized spacial score (nSPS) is 23.1. The van der Waals surface area contributed by atoms with E-state index in [1.165, 1.54) is 16.7 Å². The lowest BCUT2D eigenvalue weighted by atomic mass is 10.0. The Kier molecular flexibility index (Phi) is 4.02. The van der Waals surface area contributed by atoms with E-state index in [0.29, 0.717) is 5.91 Å². The van der Waals surface area contributed by atoms with E-state index in [2.05, 4.69) is 48.5 Å². The van der Waals surface area contributed by atoms with Crippen LogP contribution in [0, 0.1) is 13.8 Å². The molecule has 1 atom stereocenters. The van der Waals surface area contributed by atoms with Crippen molar-refractivity contribution in [3.8, 4) is 0 Å². The minimum Gasteiger partial charge on any atom is -0.321 e. The summed E-state index contributed by atoms with van der Waals surface area (Å²) in [4.78, 5) is 14.8. The summed E-state index contributed by atoms with van der Waals surface area (Å²) in [7, 11) is 0. The van der Waals surface area contributed by atoms with Crippen molar-refractivity contribution in [2.45, 2.75) is 44.8 Å². The van der Waals surface area contributed by atoms with Gasteiger partial charge in [0, 0.05) is 6.54 Å². The van der Waals surface area contributed by atoms with Gasteiger partial charge in [-0.3, -0.25) is 10.1 Å². The van der Waals surface area contributed by atoms with Crippen molar-refractivity contribution in [1.82, 2.24) is 10.2 Å². The van der Waals surface area contributed by atoms with E-state index >= 15 is 0 Å². The molecule has 1 aromatic carbocycles. The molecule has 1 N–H and O–H groups in total. The molecule has 3 nitrogen and oxygen atoms in total. The lowest BCUT2D eigenvalue weighted by Gasteiger charge is -2.26. The lowest BCUT2D eigenvalue weighted by molar-refractivity contribution is -0.130. The van der Waals surface area contributed by atoms with Crippen LogP contribution in [0.3, 0.4) is 0 Å². The summed E-state index contributed by atoms with van der Waals surface area (Å²) >= 11 is 1.85. The summed E-state index contributed by atoms with van der Waals surface area (Å²) in [6.07, 6.45) is 5.22. The second-order valence-electron chi connectivity index (χ2n) is 6.33. The van der Waals surface area contributed by atoms with E-state index in [-0.39, 0.29) is 11.7 Å². The zero-order valence-corrected chi connectivity index (χ0v) is 13.9. The molecule has 0 radical (unpaired) electrons. The molecule has 21 heavy (non-hydrogen) atoms. The molecule has 1 saturated carbocycles. The first-order chi connectivity index (χ1) is 10.1. The van der Waals surface area contributed by atoms with Gasteiger partial charge in [-0.25, -0.2) is 0 Å². The van der Waals surface area contributed by atoms with E-state index in [1.54, 1.807) is 0 Å². The summed E-state index contributed by atoms with van der Waals surface area (Å²) in [5.41, 5.74) is 3.56. The average molecular weight is 304 g/mol. The molecule has 2 aliphatic rings. The Morgan fingerprint density at radius 2 is 2.14 bits per heavy atom. The van der Waals surface area contributed by atoms with E-state index in [0.717, 1.165) is 31.6 Å². The van der Waals surface area contributed by atoms with Crippen LogP contribution in [0.25, 0.3) is 0 Å². The molecule has 1 saturated heterocycles. The van der Waals surface area contributed by atoms with Crippen LogP contribution in [0.1, 0.15) is 42.1 Å². The fourth-order valence-corrected chi connectivity index (χ4v) is 3.68. The number of hydrogen-bond donors (Lipinski definition) is 1. The number of carbonyl (C=O) groups excluding carboxylic acids is 1. The first kappa shape index (κ1) is 14.9. The van der Waals surface area contributed by atoms with Crippen LogP contribution >= 0.6 is 11.8 Å². The number of rotatable bonds is 5. The predicted octanol–water partition coefficient (Wildman–Crippen LogP) is 3.02. The summed E-state index contributed by atoms with van der Waals surface area (Å²) in [6, 6.07) is 6.53. The maximum Gasteiger partial charge on any atom is 0.244 e. The third-order valence-corrected chi connectivity index (χ3v) is 5.31. The Balaban J connectivity index is 1.85. The predicted molar refractivity (Wildman–Crippen MR) is 88.5 cm³/mol. The van der Waals surface area contributed by atoms with Crippen LogP contribution in [-0.4, -0.2) is 34.9 Å². The average Bonchev–Trinajstić information content (AvgIpc) is 3.17. The Hall–Kier alpha value is -1.00. The minimum absolute atomic E-state index is 0.0578. The topological polar surface area (TPSA) is 32.3 Å². The molecule has 1 spiro atoms. The molecule has 0 aromatic heterocycles. The van der Waals surface area contributed by atoms with Crippen LogP contribution in [-0.2, 0) is 4.79 Å². The zero-order valence-electron chi connectivity index (χ0n) is 13.1.